The first-order valence-electron chi connectivity index (χ1n) is 10.3. The van der Waals surface area contributed by atoms with Crippen LogP contribution in [0.1, 0.15) is 29.6 Å². The average molecular weight is 413 g/mol. The molecule has 1 aromatic carbocycles. The largest absolute Gasteiger partial charge is 0.369 e. The number of thiophene rings is 1. The Morgan fingerprint density at radius 1 is 1.21 bits per heavy atom. The normalized spacial score (nSPS) is 20.2. The Labute approximate surface area is 173 Å². The number of rotatable bonds is 3. The number of hydrogen-bond acceptors (Lipinski definition) is 5. The van der Waals surface area contributed by atoms with Gasteiger partial charge < -0.3 is 9.88 Å². The van der Waals surface area contributed by atoms with Gasteiger partial charge in [0.2, 0.25) is 0 Å². The summed E-state index contributed by atoms with van der Waals surface area (Å²) in [6.07, 6.45) is 3.21. The van der Waals surface area contributed by atoms with Crippen LogP contribution in [0.4, 0.5) is 10.1 Å². The molecule has 1 unspecified atom stereocenters. The van der Waals surface area contributed by atoms with Gasteiger partial charge in [-0.25, -0.2) is 9.37 Å². The van der Waals surface area contributed by atoms with Crippen LogP contribution >= 0.6 is 11.3 Å². The molecular formula is C22H25FN4OS. The van der Waals surface area contributed by atoms with E-state index in [1.54, 1.807) is 11.3 Å². The van der Waals surface area contributed by atoms with Gasteiger partial charge in [-0.1, -0.05) is 6.92 Å². The highest BCUT2D eigenvalue weighted by atomic mass is 32.1. The second-order valence-corrected chi connectivity index (χ2v) is 9.37. The number of H-pyrrole nitrogens is 1. The van der Waals surface area contributed by atoms with E-state index in [1.165, 1.54) is 22.6 Å². The van der Waals surface area contributed by atoms with Crippen LogP contribution < -0.4 is 10.5 Å². The van der Waals surface area contributed by atoms with Crippen molar-refractivity contribution in [1.29, 1.82) is 0 Å². The lowest BCUT2D eigenvalue weighted by Gasteiger charge is -2.35. The fourth-order valence-electron chi connectivity index (χ4n) is 4.50. The zero-order chi connectivity index (χ0) is 20.0. The molecule has 5 nitrogen and oxygen atoms in total. The number of aryl methyl sites for hydroxylation is 1. The third-order valence-electron chi connectivity index (χ3n) is 6.15. The van der Waals surface area contributed by atoms with E-state index in [9.17, 15) is 9.18 Å². The Morgan fingerprint density at radius 3 is 2.72 bits per heavy atom. The summed E-state index contributed by atoms with van der Waals surface area (Å²) >= 11 is 1.70. The molecule has 1 N–H and O–H groups in total. The molecule has 1 aliphatic carbocycles. The van der Waals surface area contributed by atoms with Crippen LogP contribution in [-0.2, 0) is 19.4 Å². The maximum absolute atomic E-state index is 13.1. The van der Waals surface area contributed by atoms with Gasteiger partial charge in [-0.15, -0.1) is 11.3 Å². The van der Waals surface area contributed by atoms with Gasteiger partial charge in [0, 0.05) is 36.7 Å². The highest BCUT2D eigenvalue weighted by molar-refractivity contribution is 7.18. The maximum Gasteiger partial charge on any atom is 0.259 e. The molecule has 1 fully saturated rings. The summed E-state index contributed by atoms with van der Waals surface area (Å²) in [5, 5.41) is 0.821. The molecule has 0 spiro atoms. The van der Waals surface area contributed by atoms with Crippen molar-refractivity contribution in [2.75, 3.05) is 31.1 Å². The topological polar surface area (TPSA) is 52.2 Å². The second kappa shape index (κ2) is 7.54. The predicted molar refractivity (Wildman–Crippen MR) is 115 cm³/mol. The zero-order valence-electron chi connectivity index (χ0n) is 16.6. The maximum atomic E-state index is 13.1. The van der Waals surface area contributed by atoms with Crippen LogP contribution in [-0.4, -0.2) is 41.0 Å². The van der Waals surface area contributed by atoms with Gasteiger partial charge in [-0.05, 0) is 55.0 Å². The minimum Gasteiger partial charge on any atom is -0.369 e. The molecule has 2 aliphatic rings. The fraction of sp³-hybridized carbons (Fsp3) is 0.455. The van der Waals surface area contributed by atoms with Crippen molar-refractivity contribution < 1.29 is 4.39 Å². The molecule has 5 rings (SSSR count). The molecule has 1 saturated heterocycles. The summed E-state index contributed by atoms with van der Waals surface area (Å²) in [7, 11) is 0. The summed E-state index contributed by atoms with van der Waals surface area (Å²) < 4.78 is 13.1. The predicted octanol–water partition coefficient (Wildman–Crippen LogP) is 3.57. The Hall–Kier alpha value is -2.25. The number of hydrogen-bond donors (Lipinski definition) is 1. The van der Waals surface area contributed by atoms with Gasteiger partial charge in [-0.2, -0.15) is 0 Å². The second-order valence-electron chi connectivity index (χ2n) is 8.28. The molecule has 3 aromatic rings. The fourth-order valence-corrected chi connectivity index (χ4v) is 5.90. The highest BCUT2D eigenvalue weighted by Gasteiger charge is 2.24. The van der Waals surface area contributed by atoms with Crippen molar-refractivity contribution in [3.8, 4) is 0 Å². The zero-order valence-corrected chi connectivity index (χ0v) is 17.4. The minimum atomic E-state index is -0.206. The van der Waals surface area contributed by atoms with Crippen LogP contribution in [0, 0.1) is 11.7 Å². The highest BCUT2D eigenvalue weighted by Crippen LogP contribution is 2.35. The van der Waals surface area contributed by atoms with Crippen molar-refractivity contribution in [2.45, 2.75) is 32.7 Å². The minimum absolute atomic E-state index is 0.0157. The number of piperazine rings is 1. The summed E-state index contributed by atoms with van der Waals surface area (Å²) in [6, 6.07) is 6.68. The van der Waals surface area contributed by atoms with E-state index in [-0.39, 0.29) is 11.4 Å². The van der Waals surface area contributed by atoms with E-state index in [0.29, 0.717) is 12.5 Å². The molecule has 0 amide bonds. The third kappa shape index (κ3) is 3.69. The van der Waals surface area contributed by atoms with Gasteiger partial charge in [0.25, 0.3) is 5.56 Å². The van der Waals surface area contributed by atoms with E-state index in [4.69, 9.17) is 4.98 Å². The van der Waals surface area contributed by atoms with Crippen LogP contribution in [0.15, 0.2) is 29.1 Å². The average Bonchev–Trinajstić information content (AvgIpc) is 3.07. The lowest BCUT2D eigenvalue weighted by atomic mass is 9.89. The summed E-state index contributed by atoms with van der Waals surface area (Å²) in [5.74, 6) is 1.23. The molecule has 1 atom stereocenters. The van der Waals surface area contributed by atoms with Gasteiger partial charge >= 0.3 is 0 Å². The third-order valence-corrected chi connectivity index (χ3v) is 7.30. The van der Waals surface area contributed by atoms with Crippen LogP contribution in [0.2, 0.25) is 0 Å². The first-order chi connectivity index (χ1) is 14.1. The van der Waals surface area contributed by atoms with Gasteiger partial charge in [-0.3, -0.25) is 9.69 Å². The molecule has 29 heavy (non-hydrogen) atoms. The quantitative estimate of drug-likeness (QED) is 0.715. The van der Waals surface area contributed by atoms with Crippen LogP contribution in [0.25, 0.3) is 10.2 Å². The van der Waals surface area contributed by atoms with E-state index in [0.717, 1.165) is 67.2 Å². The molecule has 0 bridgehead atoms. The van der Waals surface area contributed by atoms with Crippen LogP contribution in [0.3, 0.4) is 0 Å². The molecule has 0 radical (unpaired) electrons. The number of aromatic nitrogens is 2. The summed E-state index contributed by atoms with van der Waals surface area (Å²) in [5.41, 5.74) is 2.30. The molecule has 0 saturated carbocycles. The smallest absolute Gasteiger partial charge is 0.259 e. The standard InChI is InChI=1S/C22H25FN4OS/c1-14-2-7-17-18(12-14)29-22-20(17)21(28)24-19(25-22)13-26-8-10-27(11-9-26)16-5-3-15(23)4-6-16/h3-6,14H,2,7-13H2,1H3,(H,24,25,28). The number of nitrogens with one attached hydrogen (secondary N) is 1. The number of nitrogens with zero attached hydrogens (tertiary/aromatic N) is 3. The SMILES string of the molecule is CC1CCc2c(sc3nc(CN4CCN(c5ccc(F)cc5)CC4)[nH]c(=O)c23)C1. The number of halogens is 1. The lowest BCUT2D eigenvalue weighted by Crippen LogP contribution is -2.46. The molecule has 152 valence electrons. The first-order valence-corrected chi connectivity index (χ1v) is 11.1. The van der Waals surface area contributed by atoms with Gasteiger partial charge in [0.05, 0.1) is 11.9 Å². The number of anilines is 1. The number of fused-ring (bicyclic) bond motifs is 3. The van der Waals surface area contributed by atoms with Crippen molar-refractivity contribution in [2.24, 2.45) is 5.92 Å². The van der Waals surface area contributed by atoms with Crippen molar-refractivity contribution >= 4 is 27.2 Å². The van der Waals surface area contributed by atoms with Crippen molar-refractivity contribution in [3.05, 3.63) is 56.7 Å². The Kier molecular flexibility index (Phi) is 4.87. The van der Waals surface area contributed by atoms with Crippen molar-refractivity contribution in [1.82, 2.24) is 14.9 Å². The van der Waals surface area contributed by atoms with Gasteiger partial charge in [0.1, 0.15) is 16.5 Å². The van der Waals surface area contributed by atoms with E-state index < -0.39 is 0 Å². The van der Waals surface area contributed by atoms with E-state index in [2.05, 4.69) is 21.7 Å². The molecular weight excluding hydrogens is 387 g/mol. The first kappa shape index (κ1) is 18.8. The Bertz CT molecular complexity index is 1080. The molecule has 3 heterocycles. The van der Waals surface area contributed by atoms with Crippen LogP contribution in [0.5, 0.6) is 0 Å². The summed E-state index contributed by atoms with van der Waals surface area (Å²) in [4.78, 5) is 27.5. The Morgan fingerprint density at radius 2 is 1.97 bits per heavy atom. The Balaban J connectivity index is 1.30. The van der Waals surface area contributed by atoms with E-state index >= 15 is 0 Å². The number of aromatic amines is 1. The lowest BCUT2D eigenvalue weighted by molar-refractivity contribution is 0.244. The molecule has 1 aliphatic heterocycles. The van der Waals surface area contributed by atoms with Crippen molar-refractivity contribution in [3.63, 3.8) is 0 Å². The van der Waals surface area contributed by atoms with Gasteiger partial charge in [0.15, 0.2) is 0 Å². The summed E-state index contributed by atoms with van der Waals surface area (Å²) in [6.45, 7) is 6.46. The molecule has 7 heteroatoms. The van der Waals surface area contributed by atoms with E-state index in [1.807, 2.05) is 12.1 Å². The number of benzene rings is 1. The monoisotopic (exact) mass is 412 g/mol. The molecule has 2 aromatic heterocycles.